The van der Waals surface area contributed by atoms with Crippen molar-refractivity contribution in [2.24, 2.45) is 10.8 Å². The molecule has 0 amide bonds. The van der Waals surface area contributed by atoms with Gasteiger partial charge in [-0.15, -0.1) is 0 Å². The minimum Gasteiger partial charge on any atom is -0.462 e. The van der Waals surface area contributed by atoms with E-state index >= 15 is 0 Å². The van der Waals surface area contributed by atoms with Crippen LogP contribution in [0.3, 0.4) is 0 Å². The molecule has 0 bridgehead atoms. The third kappa shape index (κ3) is 13.3. The predicted molar refractivity (Wildman–Crippen MR) is 114 cm³/mol. The van der Waals surface area contributed by atoms with E-state index in [0.29, 0.717) is 18.8 Å². The van der Waals surface area contributed by atoms with E-state index in [0.717, 1.165) is 38.5 Å². The normalized spacial score (nSPS) is 14.6. The number of carbonyl (C=O) groups excluding carboxylic acids is 2. The second kappa shape index (κ2) is 14.5. The van der Waals surface area contributed by atoms with Crippen LogP contribution in [0.5, 0.6) is 0 Å². The fraction of sp³-hybridized carbons (Fsp3) is 0.739. The Bertz CT molecular complexity index is 469. The minimum atomic E-state index is -0.323. The van der Waals surface area contributed by atoms with E-state index in [9.17, 15) is 9.59 Å². The number of ether oxygens (including phenoxy) is 2. The van der Waals surface area contributed by atoms with Gasteiger partial charge in [0.05, 0.1) is 13.2 Å². The molecule has 0 fully saturated rings. The average molecular weight is 383 g/mol. The SMILES string of the molecule is C=C(C)C(=O)OCC(C)(CC)CCC.C=CC(=O)OCC(C)(CC)CCC. The van der Waals surface area contributed by atoms with E-state index in [-0.39, 0.29) is 22.8 Å². The molecule has 0 rings (SSSR count). The lowest BCUT2D eigenvalue weighted by molar-refractivity contribution is -0.142. The number of esters is 2. The smallest absolute Gasteiger partial charge is 0.333 e. The number of carbonyl (C=O) groups is 2. The standard InChI is InChI=1S/C12H22O2.C11H20O2/c1-6-8-12(5,7-2)9-14-11(13)10(3)4;1-5-8-11(4,7-3)9-13-10(12)6-2/h3,6-9H2,1-2,4-5H3;6H,2,5,7-9H2,1,3-4H3. The second-order valence-corrected chi connectivity index (χ2v) is 8.00. The molecule has 0 radical (unpaired) electrons. The quantitative estimate of drug-likeness (QED) is 0.295. The lowest BCUT2D eigenvalue weighted by atomic mass is 9.84. The highest BCUT2D eigenvalue weighted by atomic mass is 16.5. The molecule has 2 unspecified atom stereocenters. The van der Waals surface area contributed by atoms with E-state index in [2.05, 4.69) is 54.7 Å². The van der Waals surface area contributed by atoms with Crippen molar-refractivity contribution in [3.8, 4) is 0 Å². The number of hydrogen-bond acceptors (Lipinski definition) is 4. The molecule has 0 aromatic carbocycles. The third-order valence-electron chi connectivity index (χ3n) is 5.04. The molecule has 158 valence electrons. The molecule has 0 aliphatic rings. The predicted octanol–water partition coefficient (Wildman–Crippen LogP) is 6.25. The van der Waals surface area contributed by atoms with Crippen molar-refractivity contribution in [3.63, 3.8) is 0 Å². The van der Waals surface area contributed by atoms with Crippen molar-refractivity contribution in [1.82, 2.24) is 0 Å². The molecule has 0 spiro atoms. The molecule has 0 heterocycles. The molecule has 0 N–H and O–H groups in total. The summed E-state index contributed by atoms with van der Waals surface area (Å²) >= 11 is 0. The fourth-order valence-corrected chi connectivity index (χ4v) is 2.58. The van der Waals surface area contributed by atoms with Crippen LogP contribution < -0.4 is 0 Å². The Kier molecular flexibility index (Phi) is 14.8. The van der Waals surface area contributed by atoms with Gasteiger partial charge >= 0.3 is 11.9 Å². The van der Waals surface area contributed by atoms with Crippen LogP contribution in [0.2, 0.25) is 0 Å². The van der Waals surface area contributed by atoms with E-state index in [4.69, 9.17) is 9.47 Å². The summed E-state index contributed by atoms with van der Waals surface area (Å²) in [6.07, 6.45) is 7.70. The van der Waals surface area contributed by atoms with Crippen LogP contribution in [0.4, 0.5) is 0 Å². The molecule has 0 aliphatic heterocycles. The zero-order chi connectivity index (χ0) is 21.5. The summed E-state index contributed by atoms with van der Waals surface area (Å²) < 4.78 is 10.2. The largest absolute Gasteiger partial charge is 0.462 e. The van der Waals surface area contributed by atoms with E-state index in [1.165, 1.54) is 6.08 Å². The van der Waals surface area contributed by atoms with Crippen molar-refractivity contribution < 1.29 is 19.1 Å². The maximum absolute atomic E-state index is 11.2. The Balaban J connectivity index is 0. The Labute approximate surface area is 167 Å². The zero-order valence-electron chi connectivity index (χ0n) is 18.8. The maximum atomic E-state index is 11.2. The monoisotopic (exact) mass is 382 g/mol. The van der Waals surface area contributed by atoms with Gasteiger partial charge in [-0.05, 0) is 32.6 Å². The molecule has 0 aliphatic carbocycles. The molecule has 0 aromatic rings. The Morgan fingerprint density at radius 3 is 1.59 bits per heavy atom. The van der Waals surface area contributed by atoms with Gasteiger partial charge in [-0.2, -0.15) is 0 Å². The van der Waals surface area contributed by atoms with Crippen LogP contribution in [-0.4, -0.2) is 25.2 Å². The van der Waals surface area contributed by atoms with Gasteiger partial charge in [0.1, 0.15) is 0 Å². The first kappa shape index (κ1) is 27.6. The highest BCUT2D eigenvalue weighted by molar-refractivity contribution is 5.86. The molecule has 27 heavy (non-hydrogen) atoms. The van der Waals surface area contributed by atoms with Gasteiger partial charge in [0.2, 0.25) is 0 Å². The van der Waals surface area contributed by atoms with Crippen molar-refractivity contribution in [1.29, 1.82) is 0 Å². The minimum absolute atomic E-state index is 0.125. The van der Waals surface area contributed by atoms with Gasteiger partial charge in [-0.1, -0.05) is 67.5 Å². The highest BCUT2D eigenvalue weighted by Crippen LogP contribution is 2.28. The molecular formula is C23H42O4. The van der Waals surface area contributed by atoms with Crippen LogP contribution in [0.25, 0.3) is 0 Å². The van der Waals surface area contributed by atoms with Crippen molar-refractivity contribution in [2.75, 3.05) is 13.2 Å². The van der Waals surface area contributed by atoms with E-state index in [1.54, 1.807) is 6.92 Å². The first-order valence-corrected chi connectivity index (χ1v) is 10.1. The van der Waals surface area contributed by atoms with Gasteiger partial charge in [-0.3, -0.25) is 0 Å². The molecular weight excluding hydrogens is 340 g/mol. The van der Waals surface area contributed by atoms with Crippen LogP contribution in [0, 0.1) is 10.8 Å². The van der Waals surface area contributed by atoms with Gasteiger partial charge in [0.25, 0.3) is 0 Å². The summed E-state index contributed by atoms with van der Waals surface area (Å²) in [5.41, 5.74) is 0.729. The summed E-state index contributed by atoms with van der Waals surface area (Å²) in [6.45, 7) is 22.4. The number of rotatable bonds is 12. The first-order valence-electron chi connectivity index (χ1n) is 10.1. The Morgan fingerprint density at radius 1 is 0.889 bits per heavy atom. The topological polar surface area (TPSA) is 52.6 Å². The molecule has 4 heteroatoms. The number of hydrogen-bond donors (Lipinski definition) is 0. The molecule has 0 saturated carbocycles. The summed E-state index contributed by atoms with van der Waals surface area (Å²) in [7, 11) is 0. The Hall–Kier alpha value is -1.58. The fourth-order valence-electron chi connectivity index (χ4n) is 2.58. The summed E-state index contributed by atoms with van der Waals surface area (Å²) in [5, 5.41) is 0. The maximum Gasteiger partial charge on any atom is 0.333 e. The third-order valence-corrected chi connectivity index (χ3v) is 5.04. The van der Waals surface area contributed by atoms with Crippen LogP contribution in [0.1, 0.15) is 87.0 Å². The van der Waals surface area contributed by atoms with Crippen molar-refractivity contribution in [2.45, 2.75) is 87.0 Å². The van der Waals surface area contributed by atoms with Gasteiger partial charge in [-0.25, -0.2) is 9.59 Å². The molecule has 4 nitrogen and oxygen atoms in total. The van der Waals surface area contributed by atoms with E-state index < -0.39 is 0 Å². The Morgan fingerprint density at radius 2 is 1.30 bits per heavy atom. The van der Waals surface area contributed by atoms with Crippen molar-refractivity contribution >= 4 is 11.9 Å². The molecule has 2 atom stereocenters. The molecule has 0 saturated heterocycles. The lowest BCUT2D eigenvalue weighted by Crippen LogP contribution is -2.24. The first-order chi connectivity index (χ1) is 12.5. The van der Waals surface area contributed by atoms with Gasteiger partial charge in [0, 0.05) is 22.5 Å². The second-order valence-electron chi connectivity index (χ2n) is 8.00. The molecule has 0 aromatic heterocycles. The summed E-state index contributed by atoms with van der Waals surface area (Å²) in [5.74, 6) is -0.600. The van der Waals surface area contributed by atoms with Gasteiger partial charge in [0.15, 0.2) is 0 Å². The zero-order valence-corrected chi connectivity index (χ0v) is 18.8. The summed E-state index contributed by atoms with van der Waals surface area (Å²) in [4.78, 5) is 22.0. The van der Waals surface area contributed by atoms with Crippen LogP contribution in [-0.2, 0) is 19.1 Å². The van der Waals surface area contributed by atoms with Crippen molar-refractivity contribution in [3.05, 3.63) is 24.8 Å². The lowest BCUT2D eigenvalue weighted by Gasteiger charge is -2.27. The van der Waals surface area contributed by atoms with Crippen LogP contribution in [0.15, 0.2) is 24.8 Å². The average Bonchev–Trinajstić information content (AvgIpc) is 2.65. The van der Waals surface area contributed by atoms with Crippen LogP contribution >= 0.6 is 0 Å². The van der Waals surface area contributed by atoms with Gasteiger partial charge < -0.3 is 9.47 Å². The highest BCUT2D eigenvalue weighted by Gasteiger charge is 2.23. The summed E-state index contributed by atoms with van der Waals surface area (Å²) in [6, 6.07) is 0. The van der Waals surface area contributed by atoms with E-state index in [1.807, 2.05) is 0 Å².